The van der Waals surface area contributed by atoms with Crippen LogP contribution in [0.3, 0.4) is 0 Å². The number of benzene rings is 2. The zero-order valence-corrected chi connectivity index (χ0v) is 11.8. The summed E-state index contributed by atoms with van der Waals surface area (Å²) < 4.78 is 11.0. The summed E-state index contributed by atoms with van der Waals surface area (Å²) in [5, 5.41) is 10.3. The number of morpholine rings is 1. The van der Waals surface area contributed by atoms with Gasteiger partial charge in [-0.05, 0) is 18.2 Å². The molecule has 1 aromatic rings. The number of rotatable bonds is 1. The van der Waals surface area contributed by atoms with Crippen LogP contribution in [0, 0.1) is 0 Å². The van der Waals surface area contributed by atoms with Gasteiger partial charge in [-0.3, -0.25) is 4.79 Å². The van der Waals surface area contributed by atoms with Gasteiger partial charge in [-0.15, -0.1) is 0 Å². The maximum atomic E-state index is 11.4. The second kappa shape index (κ2) is 4.99. The zero-order chi connectivity index (χ0) is 15.1. The molecule has 6 heteroatoms. The fourth-order valence-corrected chi connectivity index (χ4v) is 2.69. The Labute approximate surface area is 125 Å². The van der Waals surface area contributed by atoms with Gasteiger partial charge in [0, 0.05) is 25.2 Å². The van der Waals surface area contributed by atoms with Gasteiger partial charge in [0.1, 0.15) is 17.0 Å². The van der Waals surface area contributed by atoms with Crippen LogP contribution < -0.4 is 10.3 Å². The molecule has 3 aliphatic rings. The number of ether oxygens (including phenoxy) is 1. The molecule has 0 spiro atoms. The van der Waals surface area contributed by atoms with E-state index in [0.29, 0.717) is 35.8 Å². The lowest BCUT2D eigenvalue weighted by molar-refractivity contribution is 0.122. The summed E-state index contributed by atoms with van der Waals surface area (Å²) in [6.07, 6.45) is 0. The predicted octanol–water partition coefficient (Wildman–Crippen LogP) is 1.83. The Hall–Kier alpha value is -2.60. The number of phenols is 1. The molecule has 22 heavy (non-hydrogen) atoms. The van der Waals surface area contributed by atoms with Crippen molar-refractivity contribution < 1.29 is 14.3 Å². The monoisotopic (exact) mass is 298 g/mol. The SMILES string of the molecule is O=c1ccc2nc3cc(N4CCOCC4)c(O)cc3oc-2c1. The first-order chi connectivity index (χ1) is 10.7. The number of anilines is 1. The Morgan fingerprint density at radius 3 is 2.77 bits per heavy atom. The molecule has 2 aliphatic heterocycles. The van der Waals surface area contributed by atoms with Crippen molar-refractivity contribution in [1.82, 2.24) is 4.98 Å². The Kier molecular flexibility index (Phi) is 2.97. The molecule has 0 atom stereocenters. The largest absolute Gasteiger partial charge is 0.506 e. The first-order valence-corrected chi connectivity index (χ1v) is 7.11. The minimum atomic E-state index is -0.133. The van der Waals surface area contributed by atoms with Gasteiger partial charge in [-0.2, -0.15) is 0 Å². The Bertz CT molecular complexity index is 868. The van der Waals surface area contributed by atoms with E-state index in [1.807, 2.05) is 6.07 Å². The number of nitrogens with zero attached hydrogens (tertiary/aromatic N) is 2. The third-order valence-electron chi connectivity index (χ3n) is 3.80. The topological polar surface area (TPSA) is 75.8 Å². The molecule has 0 aromatic heterocycles. The van der Waals surface area contributed by atoms with Crippen molar-refractivity contribution in [1.29, 1.82) is 0 Å². The van der Waals surface area contributed by atoms with E-state index in [9.17, 15) is 9.90 Å². The number of aromatic hydroxyl groups is 1. The molecule has 4 rings (SSSR count). The summed E-state index contributed by atoms with van der Waals surface area (Å²) in [4.78, 5) is 18.0. The van der Waals surface area contributed by atoms with Crippen LogP contribution >= 0.6 is 0 Å². The molecule has 0 amide bonds. The van der Waals surface area contributed by atoms with E-state index in [1.165, 1.54) is 12.1 Å². The molecule has 0 bridgehead atoms. The van der Waals surface area contributed by atoms with Crippen LogP contribution in [0.4, 0.5) is 5.69 Å². The van der Waals surface area contributed by atoms with Crippen molar-refractivity contribution in [3.05, 3.63) is 40.6 Å². The van der Waals surface area contributed by atoms with Crippen LogP contribution in [0.5, 0.6) is 5.75 Å². The van der Waals surface area contributed by atoms with Crippen LogP contribution in [0.25, 0.3) is 22.6 Å². The van der Waals surface area contributed by atoms with Crippen LogP contribution in [0.2, 0.25) is 0 Å². The molecule has 1 aliphatic carbocycles. The summed E-state index contributed by atoms with van der Waals surface area (Å²) in [6.45, 7) is 2.73. The lowest BCUT2D eigenvalue weighted by Crippen LogP contribution is -2.36. The van der Waals surface area contributed by atoms with Crippen molar-refractivity contribution >= 4 is 16.8 Å². The third kappa shape index (κ3) is 2.17. The highest BCUT2D eigenvalue weighted by Gasteiger charge is 2.18. The lowest BCUT2D eigenvalue weighted by Gasteiger charge is -2.29. The van der Waals surface area contributed by atoms with Crippen molar-refractivity contribution in [3.8, 4) is 17.2 Å². The summed E-state index contributed by atoms with van der Waals surface area (Å²) in [5.74, 6) is 0.552. The molecule has 2 heterocycles. The van der Waals surface area contributed by atoms with Gasteiger partial charge >= 0.3 is 0 Å². The molecule has 1 N–H and O–H groups in total. The Morgan fingerprint density at radius 2 is 1.95 bits per heavy atom. The molecular weight excluding hydrogens is 284 g/mol. The van der Waals surface area contributed by atoms with E-state index < -0.39 is 0 Å². The summed E-state index contributed by atoms with van der Waals surface area (Å²) in [6, 6.07) is 7.85. The first-order valence-electron chi connectivity index (χ1n) is 7.11. The molecule has 1 aromatic carbocycles. The summed E-state index contributed by atoms with van der Waals surface area (Å²) >= 11 is 0. The van der Waals surface area contributed by atoms with Crippen molar-refractivity contribution in [2.24, 2.45) is 0 Å². The average molecular weight is 298 g/mol. The maximum Gasteiger partial charge on any atom is 0.182 e. The van der Waals surface area contributed by atoms with Gasteiger partial charge in [0.05, 0.1) is 18.9 Å². The number of aromatic nitrogens is 1. The van der Waals surface area contributed by atoms with Gasteiger partial charge in [0.25, 0.3) is 0 Å². The first kappa shape index (κ1) is 13.1. The lowest BCUT2D eigenvalue weighted by atomic mass is 10.2. The van der Waals surface area contributed by atoms with E-state index in [2.05, 4.69) is 9.88 Å². The smallest absolute Gasteiger partial charge is 0.182 e. The quantitative estimate of drug-likeness (QED) is 0.691. The fraction of sp³-hybridized carbons (Fsp3) is 0.250. The maximum absolute atomic E-state index is 11.4. The van der Waals surface area contributed by atoms with Gasteiger partial charge in [-0.25, -0.2) is 4.98 Å². The van der Waals surface area contributed by atoms with Crippen LogP contribution in [0.15, 0.2) is 39.5 Å². The van der Waals surface area contributed by atoms with E-state index in [0.717, 1.165) is 18.8 Å². The highest BCUT2D eigenvalue weighted by Crippen LogP contribution is 2.34. The van der Waals surface area contributed by atoms with Crippen LogP contribution in [-0.4, -0.2) is 36.4 Å². The van der Waals surface area contributed by atoms with E-state index in [4.69, 9.17) is 9.15 Å². The van der Waals surface area contributed by atoms with Gasteiger partial charge in [0.2, 0.25) is 0 Å². The molecule has 1 saturated heterocycles. The van der Waals surface area contributed by atoms with Crippen LogP contribution in [-0.2, 0) is 4.74 Å². The Balaban J connectivity index is 1.89. The molecule has 0 radical (unpaired) electrons. The highest BCUT2D eigenvalue weighted by molar-refractivity contribution is 5.83. The van der Waals surface area contributed by atoms with Gasteiger partial charge < -0.3 is 19.2 Å². The standard InChI is InChI=1S/C16H14N2O4/c19-10-1-2-11-15(7-10)22-16-9-14(20)13(8-12(16)17-11)18-3-5-21-6-4-18/h1-2,7-9,20H,3-6H2. The van der Waals surface area contributed by atoms with E-state index >= 15 is 0 Å². The van der Waals surface area contributed by atoms with E-state index in [1.54, 1.807) is 12.1 Å². The van der Waals surface area contributed by atoms with Gasteiger partial charge in [-0.1, -0.05) is 0 Å². The number of phenolic OH excluding ortho intramolecular Hbond substituents is 1. The molecule has 6 nitrogen and oxygen atoms in total. The normalized spacial score (nSPS) is 15.5. The average Bonchev–Trinajstić information content (AvgIpc) is 2.53. The number of hydrogen-bond donors (Lipinski definition) is 1. The molecule has 1 fully saturated rings. The molecule has 0 saturated carbocycles. The van der Waals surface area contributed by atoms with Crippen molar-refractivity contribution in [2.75, 3.05) is 31.2 Å². The zero-order valence-electron chi connectivity index (χ0n) is 11.8. The second-order valence-corrected chi connectivity index (χ2v) is 5.25. The van der Waals surface area contributed by atoms with Crippen LogP contribution in [0.1, 0.15) is 0 Å². The number of hydrogen-bond acceptors (Lipinski definition) is 6. The minimum Gasteiger partial charge on any atom is -0.506 e. The fourth-order valence-electron chi connectivity index (χ4n) is 2.69. The van der Waals surface area contributed by atoms with E-state index in [-0.39, 0.29) is 11.2 Å². The second-order valence-electron chi connectivity index (χ2n) is 5.25. The number of fused-ring (bicyclic) bond motifs is 2. The summed E-state index contributed by atoms with van der Waals surface area (Å²) in [7, 11) is 0. The third-order valence-corrected chi connectivity index (χ3v) is 3.80. The predicted molar refractivity (Wildman–Crippen MR) is 81.6 cm³/mol. The molecular formula is C16H14N2O4. The molecule has 112 valence electrons. The molecule has 0 unspecified atom stereocenters. The summed E-state index contributed by atoms with van der Waals surface area (Å²) in [5.41, 5.74) is 2.30. The van der Waals surface area contributed by atoms with Gasteiger partial charge in [0.15, 0.2) is 16.8 Å². The Morgan fingerprint density at radius 1 is 1.14 bits per heavy atom. The van der Waals surface area contributed by atoms with Crippen molar-refractivity contribution in [2.45, 2.75) is 0 Å². The van der Waals surface area contributed by atoms with Crippen molar-refractivity contribution in [3.63, 3.8) is 0 Å². The minimum absolute atomic E-state index is 0.133. The highest BCUT2D eigenvalue weighted by atomic mass is 16.5.